The number of hydrogen-bond acceptors (Lipinski definition) is 3. The van der Waals surface area contributed by atoms with Crippen LogP contribution >= 0.6 is 0 Å². The summed E-state index contributed by atoms with van der Waals surface area (Å²) in [5.74, 6) is 1.02. The van der Waals surface area contributed by atoms with Crippen molar-refractivity contribution in [1.82, 2.24) is 9.88 Å². The van der Waals surface area contributed by atoms with Gasteiger partial charge in [-0.05, 0) is 37.8 Å². The van der Waals surface area contributed by atoms with Gasteiger partial charge in [0.05, 0.1) is 11.1 Å². The molecular formula is C17H21N3O. The molecule has 2 unspecified atom stereocenters. The van der Waals surface area contributed by atoms with Crippen LogP contribution in [0.2, 0.25) is 0 Å². The van der Waals surface area contributed by atoms with Crippen LogP contribution in [0.5, 0.6) is 0 Å². The van der Waals surface area contributed by atoms with Gasteiger partial charge >= 0.3 is 0 Å². The summed E-state index contributed by atoms with van der Waals surface area (Å²) in [7, 11) is 0. The number of nitrogen functional groups attached to an aromatic ring is 1. The molecule has 1 fully saturated rings. The van der Waals surface area contributed by atoms with E-state index in [2.05, 4.69) is 18.8 Å². The Hall–Kier alpha value is -2.10. The Bertz CT molecular complexity index is 683. The minimum atomic E-state index is 0.0688. The van der Waals surface area contributed by atoms with Gasteiger partial charge in [0.1, 0.15) is 5.82 Å². The molecule has 4 nitrogen and oxygen atoms in total. The van der Waals surface area contributed by atoms with Crippen molar-refractivity contribution in [1.29, 1.82) is 0 Å². The standard InChI is InChI=1S/C17H21N3O/c1-11-7-8-12(2)20(10-11)17(21)14-9-16(18)19-15-6-4-3-5-13(14)15/h3-6,9,11-12H,7-8,10H2,1-2H3,(H2,18,19). The number of likely N-dealkylation sites (tertiary alicyclic amines) is 1. The zero-order valence-electron chi connectivity index (χ0n) is 12.5. The second-order valence-corrected chi connectivity index (χ2v) is 6.10. The van der Waals surface area contributed by atoms with Crippen molar-refractivity contribution in [3.05, 3.63) is 35.9 Å². The fourth-order valence-corrected chi connectivity index (χ4v) is 3.10. The first kappa shape index (κ1) is 13.9. The number of nitrogens with zero attached hydrogens (tertiary/aromatic N) is 2. The summed E-state index contributed by atoms with van der Waals surface area (Å²) in [5.41, 5.74) is 7.31. The number of para-hydroxylation sites is 1. The molecule has 3 rings (SSSR count). The van der Waals surface area contributed by atoms with E-state index in [9.17, 15) is 4.79 Å². The van der Waals surface area contributed by atoms with Gasteiger partial charge in [-0.15, -0.1) is 0 Å². The normalized spacial score (nSPS) is 22.5. The summed E-state index contributed by atoms with van der Waals surface area (Å²) in [6, 6.07) is 9.66. The Morgan fingerprint density at radius 1 is 1.29 bits per heavy atom. The summed E-state index contributed by atoms with van der Waals surface area (Å²) in [6.07, 6.45) is 2.25. The predicted molar refractivity (Wildman–Crippen MR) is 85.1 cm³/mol. The van der Waals surface area contributed by atoms with E-state index in [4.69, 9.17) is 5.73 Å². The van der Waals surface area contributed by atoms with Gasteiger partial charge in [0.15, 0.2) is 0 Å². The molecule has 21 heavy (non-hydrogen) atoms. The highest BCUT2D eigenvalue weighted by atomic mass is 16.2. The van der Waals surface area contributed by atoms with E-state index in [0.29, 0.717) is 17.3 Å². The molecule has 1 aromatic heterocycles. The average molecular weight is 283 g/mol. The van der Waals surface area contributed by atoms with Crippen molar-refractivity contribution in [3.8, 4) is 0 Å². The van der Waals surface area contributed by atoms with Gasteiger partial charge in [0, 0.05) is 18.0 Å². The molecule has 0 radical (unpaired) electrons. The molecule has 2 heterocycles. The van der Waals surface area contributed by atoms with Gasteiger partial charge in [-0.2, -0.15) is 0 Å². The molecule has 4 heteroatoms. The fourth-order valence-electron chi connectivity index (χ4n) is 3.10. The predicted octanol–water partition coefficient (Wildman–Crippen LogP) is 3.08. The van der Waals surface area contributed by atoms with Gasteiger partial charge in [-0.25, -0.2) is 4.98 Å². The third kappa shape index (κ3) is 2.58. The van der Waals surface area contributed by atoms with E-state index >= 15 is 0 Å². The van der Waals surface area contributed by atoms with Crippen molar-refractivity contribution < 1.29 is 4.79 Å². The Morgan fingerprint density at radius 3 is 2.86 bits per heavy atom. The molecule has 0 spiro atoms. The van der Waals surface area contributed by atoms with E-state index in [1.807, 2.05) is 29.2 Å². The molecule has 0 saturated carbocycles. The van der Waals surface area contributed by atoms with Gasteiger partial charge in [-0.3, -0.25) is 4.79 Å². The zero-order chi connectivity index (χ0) is 15.0. The van der Waals surface area contributed by atoms with Crippen LogP contribution in [0.4, 0.5) is 5.82 Å². The molecule has 110 valence electrons. The second-order valence-electron chi connectivity index (χ2n) is 6.10. The molecule has 1 saturated heterocycles. The van der Waals surface area contributed by atoms with E-state index in [0.717, 1.165) is 23.9 Å². The number of pyridine rings is 1. The summed E-state index contributed by atoms with van der Waals surface area (Å²) in [4.78, 5) is 19.3. The maximum atomic E-state index is 13.0. The van der Waals surface area contributed by atoms with Crippen molar-refractivity contribution in [2.75, 3.05) is 12.3 Å². The minimum absolute atomic E-state index is 0.0688. The van der Waals surface area contributed by atoms with Crippen molar-refractivity contribution >= 4 is 22.6 Å². The maximum Gasteiger partial charge on any atom is 0.254 e. The first-order valence-electron chi connectivity index (χ1n) is 7.52. The quantitative estimate of drug-likeness (QED) is 0.875. The third-order valence-electron chi connectivity index (χ3n) is 4.34. The fraction of sp³-hybridized carbons (Fsp3) is 0.412. The number of anilines is 1. The molecule has 0 aliphatic carbocycles. The third-order valence-corrected chi connectivity index (χ3v) is 4.34. The van der Waals surface area contributed by atoms with Gasteiger partial charge in [-0.1, -0.05) is 25.1 Å². The van der Waals surface area contributed by atoms with Crippen LogP contribution < -0.4 is 5.73 Å². The number of rotatable bonds is 1. The van der Waals surface area contributed by atoms with E-state index in [-0.39, 0.29) is 11.9 Å². The molecule has 2 N–H and O–H groups in total. The first-order valence-corrected chi connectivity index (χ1v) is 7.52. The molecule has 1 aromatic carbocycles. The van der Waals surface area contributed by atoms with Crippen LogP contribution in [0, 0.1) is 5.92 Å². The number of piperidine rings is 1. The largest absolute Gasteiger partial charge is 0.384 e. The number of carbonyl (C=O) groups excluding carboxylic acids is 1. The molecule has 1 amide bonds. The minimum Gasteiger partial charge on any atom is -0.384 e. The van der Waals surface area contributed by atoms with Crippen molar-refractivity contribution in [2.45, 2.75) is 32.7 Å². The highest BCUT2D eigenvalue weighted by Crippen LogP contribution is 2.26. The van der Waals surface area contributed by atoms with Crippen molar-refractivity contribution in [3.63, 3.8) is 0 Å². The number of aromatic nitrogens is 1. The number of hydrogen-bond donors (Lipinski definition) is 1. The van der Waals surface area contributed by atoms with Crippen LogP contribution in [-0.2, 0) is 0 Å². The van der Waals surface area contributed by atoms with Gasteiger partial charge in [0.25, 0.3) is 5.91 Å². The summed E-state index contributed by atoms with van der Waals surface area (Å²) in [5, 5.41) is 0.877. The maximum absolute atomic E-state index is 13.0. The van der Waals surface area contributed by atoms with Crippen LogP contribution in [0.3, 0.4) is 0 Å². The molecular weight excluding hydrogens is 262 g/mol. The Morgan fingerprint density at radius 2 is 2.05 bits per heavy atom. The monoisotopic (exact) mass is 283 g/mol. The van der Waals surface area contributed by atoms with E-state index < -0.39 is 0 Å². The Kier molecular flexibility index (Phi) is 3.53. The number of carbonyl (C=O) groups is 1. The van der Waals surface area contributed by atoms with Crippen LogP contribution in [-0.4, -0.2) is 28.4 Å². The van der Waals surface area contributed by atoms with E-state index in [1.165, 1.54) is 6.42 Å². The molecule has 1 aliphatic heterocycles. The van der Waals surface area contributed by atoms with Crippen molar-refractivity contribution in [2.24, 2.45) is 5.92 Å². The lowest BCUT2D eigenvalue weighted by molar-refractivity contribution is 0.0576. The highest BCUT2D eigenvalue weighted by Gasteiger charge is 2.28. The van der Waals surface area contributed by atoms with Crippen LogP contribution in [0.15, 0.2) is 30.3 Å². The number of fused-ring (bicyclic) bond motifs is 1. The SMILES string of the molecule is CC1CCC(C)N(C(=O)c2cc(N)nc3ccccc23)C1. The Labute approximate surface area is 125 Å². The van der Waals surface area contributed by atoms with E-state index in [1.54, 1.807) is 6.07 Å². The molecule has 2 aromatic rings. The second kappa shape index (κ2) is 5.35. The zero-order valence-corrected chi connectivity index (χ0v) is 12.5. The lowest BCUT2D eigenvalue weighted by Gasteiger charge is -2.37. The summed E-state index contributed by atoms with van der Waals surface area (Å²) in [6.45, 7) is 5.14. The molecule has 2 atom stereocenters. The molecule has 0 bridgehead atoms. The molecule has 1 aliphatic rings. The number of amides is 1. The average Bonchev–Trinajstić information content (AvgIpc) is 2.48. The summed E-state index contributed by atoms with van der Waals surface area (Å²) >= 11 is 0. The van der Waals surface area contributed by atoms with Gasteiger partial charge in [0.2, 0.25) is 0 Å². The van der Waals surface area contributed by atoms with Gasteiger partial charge < -0.3 is 10.6 Å². The number of benzene rings is 1. The summed E-state index contributed by atoms with van der Waals surface area (Å²) < 4.78 is 0. The Balaban J connectivity index is 2.05. The first-order chi connectivity index (χ1) is 10.1. The van der Waals surface area contributed by atoms with Crippen LogP contribution in [0.25, 0.3) is 10.9 Å². The lowest BCUT2D eigenvalue weighted by atomic mass is 9.94. The highest BCUT2D eigenvalue weighted by molar-refractivity contribution is 6.07. The lowest BCUT2D eigenvalue weighted by Crippen LogP contribution is -2.45. The topological polar surface area (TPSA) is 59.2 Å². The van der Waals surface area contributed by atoms with Crippen LogP contribution in [0.1, 0.15) is 37.0 Å². The number of nitrogens with two attached hydrogens (primary N) is 1. The smallest absolute Gasteiger partial charge is 0.254 e.